The molecule has 0 aromatic rings. The van der Waals surface area contributed by atoms with Gasteiger partial charge in [0.05, 0.1) is 6.61 Å². The molecule has 2 fully saturated rings. The van der Waals surface area contributed by atoms with E-state index < -0.39 is 17.4 Å². The normalized spacial score (nSPS) is 40.7. The van der Waals surface area contributed by atoms with Gasteiger partial charge in [0.15, 0.2) is 5.41 Å². The van der Waals surface area contributed by atoms with Crippen molar-refractivity contribution in [1.82, 2.24) is 0 Å². The summed E-state index contributed by atoms with van der Waals surface area (Å²) in [5, 5.41) is 8.71. The Hall–Kier alpha value is -1.06. The molecular formula is C7H8O4. The van der Waals surface area contributed by atoms with Crippen LogP contribution in [-0.2, 0) is 14.3 Å². The van der Waals surface area contributed by atoms with E-state index in [1.54, 1.807) is 0 Å². The average molecular weight is 156 g/mol. The van der Waals surface area contributed by atoms with Crippen molar-refractivity contribution in [2.75, 3.05) is 6.61 Å². The molecule has 0 aromatic heterocycles. The smallest absolute Gasteiger partial charge is 0.323 e. The van der Waals surface area contributed by atoms with E-state index in [9.17, 15) is 9.59 Å². The van der Waals surface area contributed by atoms with E-state index in [0.29, 0.717) is 19.4 Å². The summed E-state index contributed by atoms with van der Waals surface area (Å²) in [5.41, 5.74) is -1.14. The maximum Gasteiger partial charge on any atom is 0.323 e. The molecule has 0 amide bonds. The minimum absolute atomic E-state index is 0.0428. The lowest BCUT2D eigenvalue weighted by Crippen LogP contribution is -2.33. The van der Waals surface area contributed by atoms with Crippen LogP contribution >= 0.6 is 0 Å². The highest BCUT2D eigenvalue weighted by molar-refractivity contribution is 6.03. The third-order valence-corrected chi connectivity index (χ3v) is 2.55. The number of carboxylic acid groups (broad SMARTS) is 1. The molecular weight excluding hydrogens is 148 g/mol. The Labute approximate surface area is 63.1 Å². The molecule has 2 unspecified atom stereocenters. The van der Waals surface area contributed by atoms with Crippen molar-refractivity contribution in [3.05, 3.63) is 0 Å². The lowest BCUT2D eigenvalue weighted by molar-refractivity contribution is -0.165. The van der Waals surface area contributed by atoms with Gasteiger partial charge in [-0.1, -0.05) is 0 Å². The number of carbonyl (C=O) groups is 2. The van der Waals surface area contributed by atoms with E-state index in [1.165, 1.54) is 0 Å². The van der Waals surface area contributed by atoms with E-state index in [1.807, 2.05) is 0 Å². The maximum absolute atomic E-state index is 11.0. The van der Waals surface area contributed by atoms with Crippen LogP contribution in [0.5, 0.6) is 0 Å². The van der Waals surface area contributed by atoms with Crippen molar-refractivity contribution in [3.8, 4) is 0 Å². The standard InChI is InChI=1S/C7H8O4/c8-5(9)7-3-4(7)1-2-11-6(7)10/h4H,1-3H2,(H,8,9). The molecule has 1 N–H and O–H groups in total. The number of aliphatic carboxylic acids is 1. The predicted molar refractivity (Wildman–Crippen MR) is 33.8 cm³/mol. The first-order valence-electron chi connectivity index (χ1n) is 3.58. The van der Waals surface area contributed by atoms with Crippen LogP contribution in [0.4, 0.5) is 0 Å². The van der Waals surface area contributed by atoms with Crippen molar-refractivity contribution in [1.29, 1.82) is 0 Å². The summed E-state index contributed by atoms with van der Waals surface area (Å²) < 4.78 is 4.68. The molecule has 0 bridgehead atoms. The number of ether oxygens (including phenoxy) is 1. The summed E-state index contributed by atoms with van der Waals surface area (Å²) >= 11 is 0. The van der Waals surface area contributed by atoms with Crippen molar-refractivity contribution in [2.45, 2.75) is 12.8 Å². The molecule has 11 heavy (non-hydrogen) atoms. The molecule has 4 heteroatoms. The fourth-order valence-electron chi connectivity index (χ4n) is 1.70. The third-order valence-electron chi connectivity index (χ3n) is 2.55. The first-order valence-corrected chi connectivity index (χ1v) is 3.58. The van der Waals surface area contributed by atoms with Crippen molar-refractivity contribution >= 4 is 11.9 Å². The van der Waals surface area contributed by atoms with Crippen LogP contribution in [0.2, 0.25) is 0 Å². The second kappa shape index (κ2) is 1.75. The lowest BCUT2D eigenvalue weighted by Gasteiger charge is -2.16. The van der Waals surface area contributed by atoms with Gasteiger partial charge in [0.25, 0.3) is 0 Å². The molecule has 2 rings (SSSR count). The number of carbonyl (C=O) groups excluding carboxylic acids is 1. The van der Waals surface area contributed by atoms with Gasteiger partial charge in [0.2, 0.25) is 0 Å². The first kappa shape index (κ1) is 6.64. The average Bonchev–Trinajstić information content (AvgIpc) is 2.64. The number of cyclic esters (lactones) is 1. The summed E-state index contributed by atoms with van der Waals surface area (Å²) in [5.74, 6) is -1.52. The second-order valence-corrected chi connectivity index (χ2v) is 3.10. The Kier molecular flexibility index (Phi) is 1.06. The molecule has 0 radical (unpaired) electrons. The summed E-state index contributed by atoms with van der Waals surface area (Å²) in [6.45, 7) is 0.387. The third kappa shape index (κ3) is 0.640. The largest absolute Gasteiger partial charge is 0.480 e. The number of rotatable bonds is 1. The van der Waals surface area contributed by atoms with Crippen LogP contribution in [0, 0.1) is 11.3 Å². The predicted octanol–water partition coefficient (Wildman–Crippen LogP) is 0.0242. The van der Waals surface area contributed by atoms with Crippen LogP contribution < -0.4 is 0 Å². The topological polar surface area (TPSA) is 63.6 Å². The summed E-state index contributed by atoms with van der Waals surface area (Å²) in [4.78, 5) is 21.6. The SMILES string of the molecule is O=C(O)C12CC1CCOC2=O. The number of esters is 1. The molecule has 1 heterocycles. The molecule has 1 aliphatic heterocycles. The van der Waals surface area contributed by atoms with E-state index in [4.69, 9.17) is 5.11 Å². The fourth-order valence-corrected chi connectivity index (χ4v) is 1.70. The summed E-state index contributed by atoms with van der Waals surface area (Å²) in [6.07, 6.45) is 1.18. The Bertz CT molecular complexity index is 235. The van der Waals surface area contributed by atoms with Gasteiger partial charge in [-0.2, -0.15) is 0 Å². The lowest BCUT2D eigenvalue weighted by atomic mass is 10.0. The van der Waals surface area contributed by atoms with Gasteiger partial charge >= 0.3 is 11.9 Å². The number of hydrogen-bond acceptors (Lipinski definition) is 3. The van der Waals surface area contributed by atoms with Gasteiger partial charge in [0.1, 0.15) is 0 Å². The first-order chi connectivity index (χ1) is 5.18. The highest BCUT2D eigenvalue weighted by atomic mass is 16.5. The van der Waals surface area contributed by atoms with Crippen molar-refractivity contribution in [2.24, 2.45) is 11.3 Å². The van der Waals surface area contributed by atoms with E-state index in [2.05, 4.69) is 4.74 Å². The second-order valence-electron chi connectivity index (χ2n) is 3.10. The summed E-state index contributed by atoms with van der Waals surface area (Å²) in [7, 11) is 0. The minimum atomic E-state index is -1.14. The van der Waals surface area contributed by atoms with Gasteiger partial charge in [-0.15, -0.1) is 0 Å². The molecule has 2 atom stereocenters. The zero-order valence-electron chi connectivity index (χ0n) is 5.87. The van der Waals surface area contributed by atoms with Crippen LogP contribution in [0.15, 0.2) is 0 Å². The highest BCUT2D eigenvalue weighted by Crippen LogP contribution is 2.57. The Balaban J connectivity index is 2.27. The van der Waals surface area contributed by atoms with Gasteiger partial charge in [-0.25, -0.2) is 0 Å². The van der Waals surface area contributed by atoms with Crippen molar-refractivity contribution in [3.63, 3.8) is 0 Å². The molecule has 1 aliphatic carbocycles. The zero-order chi connectivity index (χ0) is 8.06. The molecule has 4 nitrogen and oxygen atoms in total. The van der Waals surface area contributed by atoms with Crippen LogP contribution in [0.1, 0.15) is 12.8 Å². The van der Waals surface area contributed by atoms with Crippen LogP contribution in [-0.4, -0.2) is 23.7 Å². The van der Waals surface area contributed by atoms with Gasteiger partial charge in [0, 0.05) is 0 Å². The highest BCUT2D eigenvalue weighted by Gasteiger charge is 2.68. The molecule has 1 saturated heterocycles. The minimum Gasteiger partial charge on any atom is -0.480 e. The number of fused-ring (bicyclic) bond motifs is 1. The fraction of sp³-hybridized carbons (Fsp3) is 0.714. The van der Waals surface area contributed by atoms with Gasteiger partial charge in [-0.05, 0) is 18.8 Å². The summed E-state index contributed by atoms with van der Waals surface area (Å²) in [6, 6.07) is 0. The molecule has 0 spiro atoms. The van der Waals surface area contributed by atoms with Crippen molar-refractivity contribution < 1.29 is 19.4 Å². The molecule has 60 valence electrons. The van der Waals surface area contributed by atoms with E-state index >= 15 is 0 Å². The quantitative estimate of drug-likeness (QED) is 0.429. The van der Waals surface area contributed by atoms with Gasteiger partial charge < -0.3 is 9.84 Å². The maximum atomic E-state index is 11.0. The van der Waals surface area contributed by atoms with Crippen LogP contribution in [0.3, 0.4) is 0 Å². The number of hydrogen-bond donors (Lipinski definition) is 1. The molecule has 1 saturated carbocycles. The van der Waals surface area contributed by atoms with Gasteiger partial charge in [-0.3, -0.25) is 9.59 Å². The zero-order valence-corrected chi connectivity index (χ0v) is 5.87. The Morgan fingerprint density at radius 1 is 1.73 bits per heavy atom. The van der Waals surface area contributed by atoms with Crippen LogP contribution in [0.25, 0.3) is 0 Å². The van der Waals surface area contributed by atoms with E-state index in [-0.39, 0.29) is 5.92 Å². The Morgan fingerprint density at radius 2 is 2.45 bits per heavy atom. The van der Waals surface area contributed by atoms with E-state index in [0.717, 1.165) is 0 Å². The Morgan fingerprint density at radius 3 is 2.91 bits per heavy atom. The monoisotopic (exact) mass is 156 g/mol. The molecule has 2 aliphatic rings. The number of carboxylic acids is 1. The molecule has 0 aromatic carbocycles.